The van der Waals surface area contributed by atoms with Gasteiger partial charge in [-0.1, -0.05) is 12.1 Å². The third kappa shape index (κ3) is 5.54. The molecule has 3 N–H and O–H groups in total. The maximum Gasteiger partial charge on any atom is 0.319 e. The number of rotatable bonds is 6. The second-order valence-electron chi connectivity index (χ2n) is 5.41. The van der Waals surface area contributed by atoms with Gasteiger partial charge < -0.3 is 16.0 Å². The van der Waals surface area contributed by atoms with Crippen molar-refractivity contribution in [3.8, 4) is 0 Å². The predicted octanol–water partition coefficient (Wildman–Crippen LogP) is 2.90. The van der Waals surface area contributed by atoms with Crippen molar-refractivity contribution < 1.29 is 4.79 Å². The quantitative estimate of drug-likeness (QED) is 0.768. The first kappa shape index (κ1) is 16.0. The Hall–Kier alpha value is -2.40. The topological polar surface area (TPSA) is 66.1 Å². The van der Waals surface area contributed by atoms with E-state index in [1.54, 1.807) is 12.4 Å². The van der Waals surface area contributed by atoms with E-state index in [9.17, 15) is 4.79 Å². The van der Waals surface area contributed by atoms with Gasteiger partial charge in [0.25, 0.3) is 0 Å². The van der Waals surface area contributed by atoms with Gasteiger partial charge >= 0.3 is 6.03 Å². The lowest BCUT2D eigenvalue weighted by molar-refractivity contribution is 0.250. The number of hydrogen-bond donors (Lipinski definition) is 3. The van der Waals surface area contributed by atoms with Gasteiger partial charge in [0, 0.05) is 37.2 Å². The zero-order chi connectivity index (χ0) is 15.8. The fourth-order valence-corrected chi connectivity index (χ4v) is 1.99. The molecule has 0 aliphatic rings. The van der Waals surface area contributed by atoms with E-state index < -0.39 is 0 Å². The van der Waals surface area contributed by atoms with Gasteiger partial charge in [0.15, 0.2) is 0 Å². The van der Waals surface area contributed by atoms with Crippen LogP contribution in [0.15, 0.2) is 48.8 Å². The Morgan fingerprint density at radius 3 is 2.18 bits per heavy atom. The number of carbonyl (C=O) groups excluding carboxylic acids is 1. The Balaban J connectivity index is 1.78. The third-order valence-electron chi connectivity index (χ3n) is 3.04. The van der Waals surface area contributed by atoms with E-state index in [0.717, 1.165) is 18.8 Å². The maximum absolute atomic E-state index is 11.6. The molecule has 0 fully saturated rings. The average Bonchev–Trinajstić information content (AvgIpc) is 2.49. The Kier molecular flexibility index (Phi) is 5.91. The second-order valence-corrected chi connectivity index (χ2v) is 5.41. The maximum atomic E-state index is 11.6. The SMILES string of the molecule is CC(C)NC(=O)Nc1ccc(CNCc2ccncc2)cc1. The molecule has 0 aliphatic heterocycles. The lowest BCUT2D eigenvalue weighted by Crippen LogP contribution is -2.34. The number of benzene rings is 1. The lowest BCUT2D eigenvalue weighted by atomic mass is 10.2. The molecule has 1 aromatic carbocycles. The fourth-order valence-electron chi connectivity index (χ4n) is 1.99. The summed E-state index contributed by atoms with van der Waals surface area (Å²) in [6.07, 6.45) is 3.58. The predicted molar refractivity (Wildman–Crippen MR) is 88.5 cm³/mol. The number of nitrogens with one attached hydrogen (secondary N) is 3. The summed E-state index contributed by atoms with van der Waals surface area (Å²) in [7, 11) is 0. The van der Waals surface area contributed by atoms with Crippen LogP contribution in [0.1, 0.15) is 25.0 Å². The number of carbonyl (C=O) groups is 1. The standard InChI is InChI=1S/C17H22N4O/c1-13(2)20-17(22)21-16-5-3-14(4-6-16)11-19-12-15-7-9-18-10-8-15/h3-10,13,19H,11-12H2,1-2H3,(H2,20,21,22). The van der Waals surface area contributed by atoms with Gasteiger partial charge in [-0.25, -0.2) is 4.79 Å². The normalized spacial score (nSPS) is 10.5. The number of amides is 2. The summed E-state index contributed by atoms with van der Waals surface area (Å²) in [6, 6.07) is 11.7. The molecule has 2 aromatic rings. The van der Waals surface area contributed by atoms with E-state index in [-0.39, 0.29) is 12.1 Å². The molecule has 0 unspecified atom stereocenters. The largest absolute Gasteiger partial charge is 0.336 e. The van der Waals surface area contributed by atoms with Crippen molar-refractivity contribution in [2.24, 2.45) is 0 Å². The fraction of sp³-hybridized carbons (Fsp3) is 0.294. The van der Waals surface area contributed by atoms with Gasteiger partial charge in [-0.2, -0.15) is 0 Å². The number of hydrogen-bond acceptors (Lipinski definition) is 3. The molecule has 2 amide bonds. The molecule has 0 saturated heterocycles. The van der Waals surface area contributed by atoms with Crippen molar-refractivity contribution >= 4 is 11.7 Å². The molecule has 5 nitrogen and oxygen atoms in total. The molecule has 0 bridgehead atoms. The van der Waals surface area contributed by atoms with Gasteiger partial charge in [0.2, 0.25) is 0 Å². The van der Waals surface area contributed by atoms with Crippen LogP contribution in [0.4, 0.5) is 10.5 Å². The summed E-state index contributed by atoms with van der Waals surface area (Å²) in [4.78, 5) is 15.6. The van der Waals surface area contributed by atoms with E-state index in [2.05, 4.69) is 20.9 Å². The highest BCUT2D eigenvalue weighted by atomic mass is 16.2. The van der Waals surface area contributed by atoms with Gasteiger partial charge in [-0.05, 0) is 49.2 Å². The van der Waals surface area contributed by atoms with Crippen molar-refractivity contribution in [1.82, 2.24) is 15.6 Å². The van der Waals surface area contributed by atoms with Gasteiger partial charge in [-0.3, -0.25) is 4.98 Å². The lowest BCUT2D eigenvalue weighted by Gasteiger charge is -2.10. The highest BCUT2D eigenvalue weighted by Crippen LogP contribution is 2.09. The third-order valence-corrected chi connectivity index (χ3v) is 3.04. The van der Waals surface area contributed by atoms with Crippen molar-refractivity contribution in [3.63, 3.8) is 0 Å². The minimum atomic E-state index is -0.182. The first-order valence-electron chi connectivity index (χ1n) is 7.39. The van der Waals surface area contributed by atoms with Gasteiger partial charge in [-0.15, -0.1) is 0 Å². The van der Waals surface area contributed by atoms with Gasteiger partial charge in [0.1, 0.15) is 0 Å². The molecule has 0 spiro atoms. The van der Waals surface area contributed by atoms with E-state index in [1.165, 1.54) is 11.1 Å². The van der Waals surface area contributed by atoms with Crippen LogP contribution in [0.25, 0.3) is 0 Å². The molecule has 22 heavy (non-hydrogen) atoms. The molecule has 1 heterocycles. The number of pyridine rings is 1. The average molecular weight is 298 g/mol. The molecule has 0 saturated carbocycles. The molecule has 0 atom stereocenters. The number of urea groups is 1. The molecule has 0 radical (unpaired) electrons. The molecule has 0 aliphatic carbocycles. The molecule has 116 valence electrons. The monoisotopic (exact) mass is 298 g/mol. The highest BCUT2D eigenvalue weighted by molar-refractivity contribution is 5.89. The van der Waals surface area contributed by atoms with Crippen LogP contribution in [-0.2, 0) is 13.1 Å². The summed E-state index contributed by atoms with van der Waals surface area (Å²) >= 11 is 0. The van der Waals surface area contributed by atoms with Crippen LogP contribution in [0.5, 0.6) is 0 Å². The molecular formula is C17H22N4O. The van der Waals surface area contributed by atoms with Crippen molar-refractivity contribution in [1.29, 1.82) is 0 Å². The second kappa shape index (κ2) is 8.14. The minimum Gasteiger partial charge on any atom is -0.336 e. The first-order valence-corrected chi connectivity index (χ1v) is 7.39. The Labute approximate surface area is 131 Å². The number of aromatic nitrogens is 1. The van der Waals surface area contributed by atoms with Crippen molar-refractivity contribution in [3.05, 3.63) is 59.9 Å². The summed E-state index contributed by atoms with van der Waals surface area (Å²) in [5, 5.41) is 8.97. The van der Waals surface area contributed by atoms with Crippen LogP contribution in [0.2, 0.25) is 0 Å². The summed E-state index contributed by atoms with van der Waals surface area (Å²) in [5.74, 6) is 0. The van der Waals surface area contributed by atoms with E-state index in [1.807, 2.05) is 50.2 Å². The zero-order valence-corrected chi connectivity index (χ0v) is 13.0. The summed E-state index contributed by atoms with van der Waals surface area (Å²) < 4.78 is 0. The van der Waals surface area contributed by atoms with Crippen LogP contribution < -0.4 is 16.0 Å². The Morgan fingerprint density at radius 1 is 1.00 bits per heavy atom. The molecule has 5 heteroatoms. The summed E-state index contributed by atoms with van der Waals surface area (Å²) in [5.41, 5.74) is 3.17. The van der Waals surface area contributed by atoms with Crippen molar-refractivity contribution in [2.45, 2.75) is 33.0 Å². The van der Waals surface area contributed by atoms with Crippen LogP contribution in [0.3, 0.4) is 0 Å². The van der Waals surface area contributed by atoms with Crippen LogP contribution in [-0.4, -0.2) is 17.1 Å². The van der Waals surface area contributed by atoms with Crippen LogP contribution >= 0.6 is 0 Å². The molecule has 2 rings (SSSR count). The van der Waals surface area contributed by atoms with E-state index in [4.69, 9.17) is 0 Å². The summed E-state index contributed by atoms with van der Waals surface area (Å²) in [6.45, 7) is 5.44. The number of nitrogens with zero attached hydrogens (tertiary/aromatic N) is 1. The highest BCUT2D eigenvalue weighted by Gasteiger charge is 2.03. The van der Waals surface area contributed by atoms with Gasteiger partial charge in [0.05, 0.1) is 0 Å². The van der Waals surface area contributed by atoms with Crippen LogP contribution in [0, 0.1) is 0 Å². The molecule has 1 aromatic heterocycles. The Bertz CT molecular complexity index is 581. The first-order chi connectivity index (χ1) is 10.6. The molecular weight excluding hydrogens is 276 g/mol. The number of anilines is 1. The van der Waals surface area contributed by atoms with Crippen molar-refractivity contribution in [2.75, 3.05) is 5.32 Å². The smallest absolute Gasteiger partial charge is 0.319 e. The minimum absolute atomic E-state index is 0.122. The van der Waals surface area contributed by atoms with E-state index in [0.29, 0.717) is 0 Å². The van der Waals surface area contributed by atoms with E-state index >= 15 is 0 Å². The Morgan fingerprint density at radius 2 is 1.59 bits per heavy atom. The zero-order valence-electron chi connectivity index (χ0n) is 13.0.